The van der Waals surface area contributed by atoms with Gasteiger partial charge in [-0.25, -0.2) is 17.9 Å². The quantitative estimate of drug-likeness (QED) is 0.323. The molecule has 1 unspecified atom stereocenters. The summed E-state index contributed by atoms with van der Waals surface area (Å²) in [6, 6.07) is 16.6. The second-order valence-corrected chi connectivity index (χ2v) is 10.4. The van der Waals surface area contributed by atoms with E-state index >= 15 is 4.39 Å². The Kier molecular flexibility index (Phi) is 6.73. The van der Waals surface area contributed by atoms with E-state index in [4.69, 9.17) is 0 Å². The minimum atomic E-state index is -0.791. The van der Waals surface area contributed by atoms with Crippen LogP contribution in [0, 0.1) is 17.5 Å². The fourth-order valence-corrected chi connectivity index (χ4v) is 6.08. The molecular formula is C31H28F3N3O2. The predicted molar refractivity (Wildman–Crippen MR) is 140 cm³/mol. The van der Waals surface area contributed by atoms with Crippen molar-refractivity contribution in [1.29, 1.82) is 0 Å². The summed E-state index contributed by atoms with van der Waals surface area (Å²) in [6.45, 7) is 0. The van der Waals surface area contributed by atoms with E-state index in [0.29, 0.717) is 30.5 Å². The Morgan fingerprint density at radius 2 is 1.82 bits per heavy atom. The number of nitrogens with zero attached hydrogens (tertiary/aromatic N) is 2. The molecule has 5 nitrogen and oxygen atoms in total. The molecule has 0 saturated heterocycles. The van der Waals surface area contributed by atoms with Gasteiger partial charge in [0.05, 0.1) is 17.8 Å². The number of aromatic nitrogens is 2. The number of halogens is 3. The largest absolute Gasteiger partial charge is 0.390 e. The van der Waals surface area contributed by atoms with E-state index in [-0.39, 0.29) is 23.1 Å². The molecule has 200 valence electrons. The zero-order valence-electron chi connectivity index (χ0n) is 21.2. The lowest BCUT2D eigenvalue weighted by Gasteiger charge is -2.19. The minimum absolute atomic E-state index is 0.0455. The zero-order chi connectivity index (χ0) is 27.1. The number of aliphatic hydroxyl groups excluding tert-OH is 1. The summed E-state index contributed by atoms with van der Waals surface area (Å²) in [5, 5.41) is 18.3. The summed E-state index contributed by atoms with van der Waals surface area (Å²) in [6.07, 6.45) is 3.12. The molecule has 0 aliphatic heterocycles. The van der Waals surface area contributed by atoms with Crippen LogP contribution in [0.15, 0.2) is 66.7 Å². The molecule has 1 amide bonds. The molecule has 2 aliphatic rings. The number of hydrogen-bond donors (Lipinski definition) is 2. The number of benzene rings is 3. The SMILES string of the molecule is O=C(N[C@@H]1c2ccccc2C[C@@H]1O)c1nn(-c2ccc(F)cc2F)c2c1CCCCC2Cc1cccc(F)c1. The first-order valence-electron chi connectivity index (χ1n) is 13.3. The fraction of sp³-hybridized carbons (Fsp3) is 0.290. The number of amides is 1. The van der Waals surface area contributed by atoms with Crippen molar-refractivity contribution in [2.75, 3.05) is 0 Å². The van der Waals surface area contributed by atoms with Gasteiger partial charge in [-0.1, -0.05) is 42.8 Å². The minimum Gasteiger partial charge on any atom is -0.390 e. The molecule has 1 heterocycles. The Labute approximate surface area is 224 Å². The monoisotopic (exact) mass is 531 g/mol. The van der Waals surface area contributed by atoms with Gasteiger partial charge in [0.1, 0.15) is 17.3 Å². The molecular weight excluding hydrogens is 503 g/mol. The first-order valence-corrected chi connectivity index (χ1v) is 13.3. The van der Waals surface area contributed by atoms with Gasteiger partial charge in [-0.05, 0) is 66.6 Å². The van der Waals surface area contributed by atoms with Gasteiger partial charge < -0.3 is 10.4 Å². The van der Waals surface area contributed by atoms with Crippen LogP contribution in [-0.2, 0) is 19.3 Å². The van der Waals surface area contributed by atoms with Crippen LogP contribution in [0.4, 0.5) is 13.2 Å². The van der Waals surface area contributed by atoms with Crippen LogP contribution in [-0.4, -0.2) is 26.9 Å². The van der Waals surface area contributed by atoms with Crippen molar-refractivity contribution in [3.8, 4) is 5.69 Å². The van der Waals surface area contributed by atoms with Crippen LogP contribution in [0.5, 0.6) is 0 Å². The third-order valence-corrected chi connectivity index (χ3v) is 7.85. The number of hydrogen-bond acceptors (Lipinski definition) is 3. The van der Waals surface area contributed by atoms with Gasteiger partial charge in [0.25, 0.3) is 5.91 Å². The Bertz CT molecular complexity index is 1550. The number of nitrogens with one attached hydrogen (secondary N) is 1. The highest BCUT2D eigenvalue weighted by Crippen LogP contribution is 2.38. The summed E-state index contributed by atoms with van der Waals surface area (Å²) in [7, 11) is 0. The van der Waals surface area contributed by atoms with Crippen LogP contribution >= 0.6 is 0 Å². The molecule has 8 heteroatoms. The molecule has 2 N–H and O–H groups in total. The van der Waals surface area contributed by atoms with Crippen molar-refractivity contribution >= 4 is 5.91 Å². The third-order valence-electron chi connectivity index (χ3n) is 7.85. The smallest absolute Gasteiger partial charge is 0.272 e. The summed E-state index contributed by atoms with van der Waals surface area (Å²) >= 11 is 0. The van der Waals surface area contributed by atoms with Crippen molar-refractivity contribution in [3.05, 3.63) is 118 Å². The lowest BCUT2D eigenvalue weighted by Crippen LogP contribution is -2.34. The Balaban J connectivity index is 1.44. The first kappa shape index (κ1) is 25.4. The molecule has 2 aliphatic carbocycles. The standard InChI is InChI=1S/C31H28F3N3O2/c32-21-9-5-6-18(15-21)14-20-8-2-4-11-24-29(36-37(30(20)24)26-13-12-22(33)17-25(26)34)31(39)35-28-23-10-3-1-7-19(23)16-27(28)38/h1,3,5-7,9-10,12-13,15,17,20,27-28,38H,2,4,8,11,14,16H2,(H,35,39)/t20?,27-,28+/m0/s1. The molecule has 39 heavy (non-hydrogen) atoms. The average molecular weight is 532 g/mol. The topological polar surface area (TPSA) is 67.2 Å². The van der Waals surface area contributed by atoms with Gasteiger partial charge in [0, 0.05) is 24.0 Å². The number of fused-ring (bicyclic) bond motifs is 2. The molecule has 0 radical (unpaired) electrons. The van der Waals surface area contributed by atoms with Gasteiger partial charge in [-0.15, -0.1) is 0 Å². The van der Waals surface area contributed by atoms with E-state index in [1.54, 1.807) is 6.07 Å². The molecule has 6 rings (SSSR count). The highest BCUT2D eigenvalue weighted by atomic mass is 19.1. The molecule has 4 aromatic rings. The van der Waals surface area contributed by atoms with Gasteiger partial charge in [0.15, 0.2) is 11.5 Å². The molecule has 0 fully saturated rings. The fourth-order valence-electron chi connectivity index (χ4n) is 6.08. The molecule has 3 atom stereocenters. The van der Waals surface area contributed by atoms with Crippen LogP contribution in [0.1, 0.15) is 69.7 Å². The Hall–Kier alpha value is -3.91. The van der Waals surface area contributed by atoms with Crippen LogP contribution in [0.2, 0.25) is 0 Å². The van der Waals surface area contributed by atoms with E-state index in [2.05, 4.69) is 10.4 Å². The third kappa shape index (κ3) is 4.85. The zero-order valence-corrected chi connectivity index (χ0v) is 21.2. The maximum Gasteiger partial charge on any atom is 0.272 e. The number of carbonyl (C=O) groups is 1. The van der Waals surface area contributed by atoms with Crippen molar-refractivity contribution < 1.29 is 23.1 Å². The number of carbonyl (C=O) groups excluding carboxylic acids is 1. The number of aliphatic hydroxyl groups is 1. The summed E-state index contributed by atoms with van der Waals surface area (Å²) in [5.74, 6) is -2.46. The van der Waals surface area contributed by atoms with Crippen LogP contribution in [0.25, 0.3) is 5.69 Å². The van der Waals surface area contributed by atoms with Crippen LogP contribution in [0.3, 0.4) is 0 Å². The van der Waals surface area contributed by atoms with E-state index in [1.165, 1.54) is 22.9 Å². The molecule has 0 saturated carbocycles. The number of rotatable bonds is 5. The lowest BCUT2D eigenvalue weighted by molar-refractivity contribution is 0.0852. The Morgan fingerprint density at radius 1 is 1.00 bits per heavy atom. The first-order chi connectivity index (χ1) is 18.9. The van der Waals surface area contributed by atoms with E-state index in [0.717, 1.165) is 48.1 Å². The van der Waals surface area contributed by atoms with Crippen molar-refractivity contribution in [2.24, 2.45) is 0 Å². The van der Waals surface area contributed by atoms with E-state index in [1.807, 2.05) is 30.3 Å². The average Bonchev–Trinajstić information content (AvgIpc) is 3.35. The predicted octanol–water partition coefficient (Wildman–Crippen LogP) is 5.73. The van der Waals surface area contributed by atoms with E-state index < -0.39 is 29.7 Å². The highest BCUT2D eigenvalue weighted by Gasteiger charge is 2.35. The molecule has 3 aromatic carbocycles. The second kappa shape index (κ2) is 10.3. The van der Waals surface area contributed by atoms with Gasteiger partial charge in [-0.2, -0.15) is 5.10 Å². The van der Waals surface area contributed by atoms with E-state index in [9.17, 15) is 18.7 Å². The van der Waals surface area contributed by atoms with Gasteiger partial charge in [-0.3, -0.25) is 4.79 Å². The van der Waals surface area contributed by atoms with Crippen molar-refractivity contribution in [1.82, 2.24) is 15.1 Å². The summed E-state index contributed by atoms with van der Waals surface area (Å²) in [5.41, 5.74) is 4.22. The van der Waals surface area contributed by atoms with Gasteiger partial charge in [0.2, 0.25) is 0 Å². The summed E-state index contributed by atoms with van der Waals surface area (Å²) in [4.78, 5) is 13.7. The second-order valence-electron chi connectivity index (χ2n) is 10.4. The van der Waals surface area contributed by atoms with Crippen molar-refractivity contribution in [2.45, 2.75) is 56.6 Å². The highest BCUT2D eigenvalue weighted by molar-refractivity contribution is 5.94. The Morgan fingerprint density at radius 3 is 2.64 bits per heavy atom. The molecule has 0 spiro atoms. The van der Waals surface area contributed by atoms with Crippen LogP contribution < -0.4 is 5.32 Å². The maximum atomic E-state index is 15.1. The molecule has 1 aromatic heterocycles. The maximum absolute atomic E-state index is 15.1. The lowest BCUT2D eigenvalue weighted by atomic mass is 9.90. The molecule has 0 bridgehead atoms. The normalized spacial score (nSPS) is 20.3. The van der Waals surface area contributed by atoms with Crippen molar-refractivity contribution in [3.63, 3.8) is 0 Å². The summed E-state index contributed by atoms with van der Waals surface area (Å²) < 4.78 is 44.3. The van der Waals surface area contributed by atoms with Gasteiger partial charge >= 0.3 is 0 Å².